The summed E-state index contributed by atoms with van der Waals surface area (Å²) in [6.45, 7) is 2.25. The van der Waals surface area contributed by atoms with Gasteiger partial charge in [0.05, 0.1) is 12.9 Å². The minimum atomic E-state index is -3.50. The highest BCUT2D eigenvalue weighted by Gasteiger charge is 2.26. The fraction of sp³-hybridized carbons (Fsp3) is 0.381. The molecule has 0 saturated carbocycles. The number of carbonyl (C=O) groups excluding carboxylic acids is 1. The van der Waals surface area contributed by atoms with Crippen LogP contribution in [0.1, 0.15) is 15.9 Å². The van der Waals surface area contributed by atoms with E-state index in [1.165, 1.54) is 33.5 Å². The molecule has 1 saturated heterocycles. The number of carbonyl (C=O) groups is 1. The molecule has 1 aliphatic heterocycles. The third-order valence-electron chi connectivity index (χ3n) is 5.02. The molecule has 0 bridgehead atoms. The second kappa shape index (κ2) is 10.0. The zero-order valence-electron chi connectivity index (χ0n) is 16.9. The largest absolute Gasteiger partial charge is 0.496 e. The van der Waals surface area contributed by atoms with E-state index in [1.54, 1.807) is 13.2 Å². The number of piperazine rings is 1. The first-order valence-corrected chi connectivity index (χ1v) is 11.4. The van der Waals surface area contributed by atoms with Crippen LogP contribution >= 0.6 is 0 Å². The quantitative estimate of drug-likeness (QED) is 0.683. The number of nitrogens with one attached hydrogen (secondary N) is 1. The number of benzene rings is 2. The number of halogens is 1. The number of amides is 1. The van der Waals surface area contributed by atoms with Crippen LogP contribution < -0.4 is 10.1 Å². The van der Waals surface area contributed by atoms with Crippen LogP contribution in [0.25, 0.3) is 0 Å². The van der Waals surface area contributed by atoms with Crippen molar-refractivity contribution in [1.29, 1.82) is 0 Å². The Morgan fingerprint density at radius 3 is 2.47 bits per heavy atom. The molecule has 1 aliphatic rings. The van der Waals surface area contributed by atoms with E-state index in [-0.39, 0.29) is 24.7 Å². The molecule has 0 aromatic heterocycles. The number of nitrogens with zero attached hydrogens (tertiary/aromatic N) is 2. The molecule has 0 unspecified atom stereocenters. The van der Waals surface area contributed by atoms with Gasteiger partial charge < -0.3 is 15.0 Å². The van der Waals surface area contributed by atoms with E-state index in [1.807, 2.05) is 18.2 Å². The van der Waals surface area contributed by atoms with E-state index in [0.717, 1.165) is 5.56 Å². The van der Waals surface area contributed by atoms with Crippen LogP contribution in [0.2, 0.25) is 0 Å². The Hall–Kier alpha value is -2.49. The van der Waals surface area contributed by atoms with Crippen molar-refractivity contribution < 1.29 is 22.3 Å². The van der Waals surface area contributed by atoms with Gasteiger partial charge in [-0.05, 0) is 30.3 Å². The first-order valence-electron chi connectivity index (χ1n) is 9.76. The van der Waals surface area contributed by atoms with Crippen LogP contribution in [0.15, 0.2) is 48.5 Å². The summed E-state index contributed by atoms with van der Waals surface area (Å²) in [5, 5.41) is 3.13. The lowest BCUT2D eigenvalue weighted by Crippen LogP contribution is -2.48. The number of rotatable bonds is 8. The standard InChI is InChI=1S/C21H26FN3O4S/c1-29-20-5-3-2-4-18(20)16-24(21(26)17-6-8-19(22)9-7-17)14-15-30(27,28)25-12-10-23-11-13-25/h2-9,23H,10-16H2,1H3. The Morgan fingerprint density at radius 2 is 1.80 bits per heavy atom. The van der Waals surface area contributed by atoms with Crippen molar-refractivity contribution in [3.63, 3.8) is 0 Å². The van der Waals surface area contributed by atoms with Gasteiger partial charge in [-0.15, -0.1) is 0 Å². The summed E-state index contributed by atoms with van der Waals surface area (Å²) < 4.78 is 45.6. The molecule has 1 N–H and O–H groups in total. The van der Waals surface area contributed by atoms with Gasteiger partial charge >= 0.3 is 0 Å². The van der Waals surface area contributed by atoms with Gasteiger partial charge in [-0.1, -0.05) is 18.2 Å². The first-order chi connectivity index (χ1) is 14.4. The molecule has 1 heterocycles. The topological polar surface area (TPSA) is 79.0 Å². The Morgan fingerprint density at radius 1 is 1.13 bits per heavy atom. The minimum Gasteiger partial charge on any atom is -0.496 e. The Kier molecular flexibility index (Phi) is 7.41. The van der Waals surface area contributed by atoms with E-state index < -0.39 is 15.8 Å². The third-order valence-corrected chi connectivity index (χ3v) is 6.87. The molecule has 30 heavy (non-hydrogen) atoms. The predicted octanol–water partition coefficient (Wildman–Crippen LogP) is 1.71. The highest BCUT2D eigenvalue weighted by Crippen LogP contribution is 2.21. The number of hydrogen-bond donors (Lipinski definition) is 1. The van der Waals surface area contributed by atoms with Crippen molar-refractivity contribution in [3.05, 3.63) is 65.5 Å². The molecule has 162 valence electrons. The van der Waals surface area contributed by atoms with Gasteiger partial charge in [0.2, 0.25) is 10.0 Å². The van der Waals surface area contributed by atoms with Crippen molar-refractivity contribution in [2.24, 2.45) is 0 Å². The van der Waals surface area contributed by atoms with Gasteiger partial charge in [0.25, 0.3) is 5.91 Å². The normalized spacial score (nSPS) is 15.0. The summed E-state index contributed by atoms with van der Waals surface area (Å²) in [5.41, 5.74) is 1.06. The highest BCUT2D eigenvalue weighted by molar-refractivity contribution is 7.89. The maximum atomic E-state index is 13.3. The molecule has 2 aromatic rings. The van der Waals surface area contributed by atoms with Crippen molar-refractivity contribution >= 4 is 15.9 Å². The van der Waals surface area contributed by atoms with Crippen molar-refractivity contribution in [2.75, 3.05) is 45.6 Å². The van der Waals surface area contributed by atoms with Crippen molar-refractivity contribution in [2.45, 2.75) is 6.54 Å². The lowest BCUT2D eigenvalue weighted by atomic mass is 10.1. The third kappa shape index (κ3) is 5.56. The molecule has 3 rings (SSSR count). The summed E-state index contributed by atoms with van der Waals surface area (Å²) in [4.78, 5) is 14.6. The second-order valence-corrected chi connectivity index (χ2v) is 9.10. The van der Waals surface area contributed by atoms with Crippen LogP contribution in [0, 0.1) is 5.82 Å². The lowest BCUT2D eigenvalue weighted by molar-refractivity contribution is 0.0752. The maximum Gasteiger partial charge on any atom is 0.254 e. The minimum absolute atomic E-state index is 0.0144. The smallest absolute Gasteiger partial charge is 0.254 e. The van der Waals surface area contributed by atoms with Crippen molar-refractivity contribution in [1.82, 2.24) is 14.5 Å². The van der Waals surface area contributed by atoms with Crippen LogP contribution in [0.4, 0.5) is 4.39 Å². The Labute approximate surface area is 176 Å². The van der Waals surface area contributed by atoms with E-state index >= 15 is 0 Å². The molecule has 0 spiro atoms. The average molecular weight is 436 g/mol. The Balaban J connectivity index is 1.81. The van der Waals surface area contributed by atoms with E-state index in [4.69, 9.17) is 4.74 Å². The fourth-order valence-corrected chi connectivity index (χ4v) is 4.79. The average Bonchev–Trinajstić information content (AvgIpc) is 2.77. The predicted molar refractivity (Wildman–Crippen MR) is 112 cm³/mol. The van der Waals surface area contributed by atoms with Gasteiger partial charge in [-0.2, -0.15) is 4.31 Å². The zero-order valence-corrected chi connectivity index (χ0v) is 17.7. The highest BCUT2D eigenvalue weighted by atomic mass is 32.2. The van der Waals surface area contributed by atoms with Gasteiger partial charge in [0.15, 0.2) is 0 Å². The number of hydrogen-bond acceptors (Lipinski definition) is 5. The monoisotopic (exact) mass is 435 g/mol. The first kappa shape index (κ1) is 22.2. The number of methoxy groups -OCH3 is 1. The fourth-order valence-electron chi connectivity index (χ4n) is 3.34. The van der Waals surface area contributed by atoms with Crippen molar-refractivity contribution in [3.8, 4) is 5.75 Å². The summed E-state index contributed by atoms with van der Waals surface area (Å²) in [6, 6.07) is 12.5. The number of ether oxygens (including phenoxy) is 1. The molecular formula is C21H26FN3O4S. The van der Waals surface area contributed by atoms with E-state index in [0.29, 0.717) is 37.5 Å². The molecule has 7 nitrogen and oxygen atoms in total. The van der Waals surface area contributed by atoms with Crippen LogP contribution in [-0.2, 0) is 16.6 Å². The van der Waals surface area contributed by atoms with Crippen LogP contribution in [0.5, 0.6) is 5.75 Å². The second-order valence-electron chi connectivity index (χ2n) is 7.01. The molecule has 0 radical (unpaired) electrons. The van der Waals surface area contributed by atoms with Gasteiger partial charge in [0, 0.05) is 50.4 Å². The molecule has 1 amide bonds. The zero-order chi connectivity index (χ0) is 21.6. The van der Waals surface area contributed by atoms with E-state index in [9.17, 15) is 17.6 Å². The van der Waals surface area contributed by atoms with Crippen LogP contribution in [-0.4, -0.2) is 69.1 Å². The molecule has 2 aromatic carbocycles. The lowest BCUT2D eigenvalue weighted by Gasteiger charge is -2.29. The SMILES string of the molecule is COc1ccccc1CN(CCS(=O)(=O)N1CCNCC1)C(=O)c1ccc(F)cc1. The molecule has 0 atom stereocenters. The summed E-state index contributed by atoms with van der Waals surface area (Å²) in [6.07, 6.45) is 0. The molecule has 9 heteroatoms. The Bertz CT molecular complexity index is 960. The van der Waals surface area contributed by atoms with Gasteiger partial charge in [-0.3, -0.25) is 4.79 Å². The molecule has 1 fully saturated rings. The maximum absolute atomic E-state index is 13.3. The molecular weight excluding hydrogens is 409 g/mol. The summed E-state index contributed by atoms with van der Waals surface area (Å²) >= 11 is 0. The number of sulfonamides is 1. The van der Waals surface area contributed by atoms with Crippen LogP contribution in [0.3, 0.4) is 0 Å². The molecule has 0 aliphatic carbocycles. The summed E-state index contributed by atoms with van der Waals surface area (Å²) in [7, 11) is -1.96. The number of para-hydroxylation sites is 1. The van der Waals surface area contributed by atoms with Gasteiger partial charge in [-0.25, -0.2) is 12.8 Å². The van der Waals surface area contributed by atoms with E-state index in [2.05, 4.69) is 5.32 Å². The van der Waals surface area contributed by atoms with Gasteiger partial charge in [0.1, 0.15) is 11.6 Å². The summed E-state index contributed by atoms with van der Waals surface area (Å²) in [5.74, 6) is -0.380.